The largest absolute Gasteiger partial charge is 0.0776 e. The fourth-order valence-electron chi connectivity index (χ4n) is 0. The second kappa shape index (κ2) is 36.3. The quantitative estimate of drug-likeness (QED) is 0.566. The van der Waals surface area contributed by atoms with Gasteiger partial charge in [-0.3, -0.25) is 0 Å². The van der Waals surface area contributed by atoms with Crippen LogP contribution in [-0.2, 0) is 68.3 Å². The molecule has 0 N–H and O–H groups in total. The van der Waals surface area contributed by atoms with Gasteiger partial charge in [-0.05, 0) is 0 Å². The predicted molar refractivity (Wildman–Crippen MR) is 6.73 cm³/mol. The summed E-state index contributed by atoms with van der Waals surface area (Å²) in [6.45, 7) is 0. The van der Waals surface area contributed by atoms with Gasteiger partial charge in [-0.15, -0.1) is 0 Å². The van der Waals surface area contributed by atoms with Crippen LogP contribution in [0.5, 0.6) is 0 Å². The average molecular weight is 270 g/mol. The third-order valence-corrected chi connectivity index (χ3v) is 0. The van der Waals surface area contributed by atoms with Crippen molar-refractivity contribution < 1.29 is 68.3 Å². The topological polar surface area (TPSA) is 0 Å². The van der Waals surface area contributed by atoms with Crippen molar-refractivity contribution in [2.75, 3.05) is 0 Å². The third-order valence-electron chi connectivity index (χ3n) is 0. The van der Waals surface area contributed by atoms with Crippen LogP contribution >= 0.6 is 0 Å². The van der Waals surface area contributed by atoms with Gasteiger partial charge in [0.2, 0.25) is 0 Å². The molecule has 4 heteroatoms. The molecule has 0 rings (SSSR count). The van der Waals surface area contributed by atoms with Crippen molar-refractivity contribution >= 4 is 0 Å². The van der Waals surface area contributed by atoms with Gasteiger partial charge in [0, 0.05) is 68.3 Å². The molecule has 0 aromatic rings. The first-order chi connectivity index (χ1) is 0. The van der Waals surface area contributed by atoms with E-state index in [4.69, 9.17) is 0 Å². The zero-order valence-electron chi connectivity index (χ0n) is 1.21. The molecule has 52 valence electrons. The summed E-state index contributed by atoms with van der Waals surface area (Å²) in [6, 6.07) is 0. The molecule has 0 aliphatic carbocycles. The third kappa shape index (κ3) is 23.4. The zero-order chi connectivity index (χ0) is 0. The minimum Gasteiger partial charge on any atom is -0.0776 e. The first-order valence-electron chi connectivity index (χ1n) is 0. The molecule has 0 heterocycles. The summed E-state index contributed by atoms with van der Waals surface area (Å²) in [5.41, 5.74) is 0. The fraction of sp³-hybridized carbons (Fsp3) is 1.00. The van der Waals surface area contributed by atoms with Crippen LogP contribution in [-0.4, -0.2) is 0 Å². The van der Waals surface area contributed by atoms with E-state index in [-0.39, 0.29) is 75.7 Å². The van der Waals surface area contributed by atoms with Crippen LogP contribution in [0.1, 0.15) is 7.43 Å². The number of rotatable bonds is 0. The van der Waals surface area contributed by atoms with Crippen molar-refractivity contribution in [3.8, 4) is 0 Å². The van der Waals surface area contributed by atoms with Gasteiger partial charge in [-0.2, -0.15) is 0 Å². The molecule has 4 radical (unpaired) electrons. The van der Waals surface area contributed by atoms with E-state index in [1.165, 1.54) is 0 Å². The van der Waals surface area contributed by atoms with E-state index in [2.05, 4.69) is 0 Å². The second-order valence-electron chi connectivity index (χ2n) is 0. The first-order valence-corrected chi connectivity index (χ1v) is 0. The summed E-state index contributed by atoms with van der Waals surface area (Å²) in [6.07, 6.45) is 0. The van der Waals surface area contributed by atoms with Crippen molar-refractivity contribution in [1.29, 1.82) is 0 Å². The van der Waals surface area contributed by atoms with E-state index < -0.39 is 0 Å². The molecular formula is CH4Cu4. The van der Waals surface area contributed by atoms with Crippen LogP contribution < -0.4 is 0 Å². The van der Waals surface area contributed by atoms with Gasteiger partial charge in [0.1, 0.15) is 0 Å². The number of hydrogen-bond donors (Lipinski definition) is 0. The Morgan fingerprint density at radius 3 is 0.400 bits per heavy atom. The van der Waals surface area contributed by atoms with Gasteiger partial charge < -0.3 is 0 Å². The van der Waals surface area contributed by atoms with Crippen molar-refractivity contribution in [3.63, 3.8) is 0 Å². The monoisotopic (exact) mass is 268 g/mol. The van der Waals surface area contributed by atoms with Crippen LogP contribution in [0.4, 0.5) is 0 Å². The van der Waals surface area contributed by atoms with Crippen molar-refractivity contribution in [1.82, 2.24) is 0 Å². The van der Waals surface area contributed by atoms with E-state index in [1.54, 1.807) is 0 Å². The Balaban J connectivity index is 0. The summed E-state index contributed by atoms with van der Waals surface area (Å²) in [5, 5.41) is 0. The van der Waals surface area contributed by atoms with Gasteiger partial charge in [0.25, 0.3) is 0 Å². The van der Waals surface area contributed by atoms with Gasteiger partial charge in [0.05, 0.1) is 0 Å². The summed E-state index contributed by atoms with van der Waals surface area (Å²) in [4.78, 5) is 0. The van der Waals surface area contributed by atoms with Crippen molar-refractivity contribution in [3.05, 3.63) is 0 Å². The van der Waals surface area contributed by atoms with E-state index >= 15 is 0 Å². The van der Waals surface area contributed by atoms with Crippen LogP contribution in [0.2, 0.25) is 0 Å². The Kier molecular flexibility index (Phi) is 440. The van der Waals surface area contributed by atoms with E-state index in [1.807, 2.05) is 0 Å². The molecule has 0 aromatic heterocycles. The molecule has 0 aliphatic rings. The molecule has 0 amide bonds. The first kappa shape index (κ1) is 60.6. The average Bonchev–Trinajstić information content (AvgIpc) is 0. The molecule has 0 bridgehead atoms. The van der Waals surface area contributed by atoms with Crippen molar-refractivity contribution in [2.24, 2.45) is 0 Å². The molecule has 0 aliphatic heterocycles. The minimum atomic E-state index is 0. The van der Waals surface area contributed by atoms with Gasteiger partial charge in [0.15, 0.2) is 0 Å². The molecule has 0 unspecified atom stereocenters. The normalized spacial score (nSPS) is 0. The molecule has 0 saturated carbocycles. The predicted octanol–water partition coefficient (Wildman–Crippen LogP) is 0.626. The Hall–Kier alpha value is 2.08. The van der Waals surface area contributed by atoms with Crippen molar-refractivity contribution in [2.45, 2.75) is 7.43 Å². The smallest absolute Gasteiger partial charge is 0 e. The maximum absolute atomic E-state index is 0. The van der Waals surface area contributed by atoms with E-state index in [9.17, 15) is 0 Å². The van der Waals surface area contributed by atoms with Crippen LogP contribution in [0.25, 0.3) is 0 Å². The molecule has 0 spiro atoms. The molecule has 0 aromatic carbocycles. The molecule has 0 nitrogen and oxygen atoms in total. The fourth-order valence-corrected chi connectivity index (χ4v) is 0. The standard InChI is InChI=1S/CH4.4Cu/h1H4;;;;. The maximum atomic E-state index is 0. The second-order valence-corrected chi connectivity index (χ2v) is 0. The molecule has 0 fully saturated rings. The summed E-state index contributed by atoms with van der Waals surface area (Å²) in [7, 11) is 0. The van der Waals surface area contributed by atoms with Gasteiger partial charge in [-0.25, -0.2) is 0 Å². The summed E-state index contributed by atoms with van der Waals surface area (Å²) in [5.74, 6) is 0. The van der Waals surface area contributed by atoms with Crippen LogP contribution in [0.15, 0.2) is 0 Å². The Bertz CT molecular complexity index is 3.61. The van der Waals surface area contributed by atoms with Gasteiger partial charge in [-0.1, -0.05) is 7.43 Å². The van der Waals surface area contributed by atoms with Crippen LogP contribution in [0, 0.1) is 0 Å². The summed E-state index contributed by atoms with van der Waals surface area (Å²) < 4.78 is 0. The molecule has 5 heavy (non-hydrogen) atoms. The molecule has 0 atom stereocenters. The van der Waals surface area contributed by atoms with E-state index in [0.717, 1.165) is 0 Å². The van der Waals surface area contributed by atoms with E-state index in [0.29, 0.717) is 0 Å². The Morgan fingerprint density at radius 1 is 0.400 bits per heavy atom. The van der Waals surface area contributed by atoms with Gasteiger partial charge >= 0.3 is 0 Å². The molecular weight excluding hydrogens is 266 g/mol. The van der Waals surface area contributed by atoms with Crippen LogP contribution in [0.3, 0.4) is 0 Å². The maximum Gasteiger partial charge on any atom is 0 e. The number of hydrogen-bond acceptors (Lipinski definition) is 0. The Morgan fingerprint density at radius 2 is 0.400 bits per heavy atom. The molecule has 0 saturated heterocycles. The zero-order valence-corrected chi connectivity index (χ0v) is 4.97. The summed E-state index contributed by atoms with van der Waals surface area (Å²) >= 11 is 0. The minimum absolute atomic E-state index is 0. The SMILES string of the molecule is C.[Cu].[Cu].[Cu].[Cu]. The Labute approximate surface area is 75.1 Å².